The molecule has 2 atom stereocenters. The molecular formula is C16H30N2O3. The van der Waals surface area contributed by atoms with Crippen LogP contribution in [0.25, 0.3) is 0 Å². The first-order valence-electron chi connectivity index (χ1n) is 8.26. The third kappa shape index (κ3) is 4.33. The molecule has 21 heavy (non-hydrogen) atoms. The molecule has 2 fully saturated rings. The molecule has 2 aliphatic rings. The molecule has 0 aromatic carbocycles. The number of carbonyl (C=O) groups excluding carboxylic acids is 1. The van der Waals surface area contributed by atoms with Gasteiger partial charge in [0.1, 0.15) is 0 Å². The smallest absolute Gasteiger partial charge is 0.317 e. The van der Waals surface area contributed by atoms with Crippen molar-refractivity contribution in [1.29, 1.82) is 0 Å². The zero-order chi connectivity index (χ0) is 15.3. The maximum absolute atomic E-state index is 12.3. The molecule has 0 spiro atoms. The SMILES string of the molecule is COCCC1(CNC(=O)N2CCC(C)C(O)C2)CCCC1. The molecule has 2 unspecified atom stereocenters. The van der Waals surface area contributed by atoms with Gasteiger partial charge in [0.15, 0.2) is 0 Å². The van der Waals surface area contributed by atoms with Gasteiger partial charge in [-0.1, -0.05) is 19.8 Å². The van der Waals surface area contributed by atoms with Crippen LogP contribution in [0.5, 0.6) is 0 Å². The van der Waals surface area contributed by atoms with E-state index in [0.717, 1.165) is 32.5 Å². The Labute approximate surface area is 128 Å². The average molecular weight is 298 g/mol. The zero-order valence-corrected chi connectivity index (χ0v) is 13.4. The summed E-state index contributed by atoms with van der Waals surface area (Å²) >= 11 is 0. The van der Waals surface area contributed by atoms with Crippen molar-refractivity contribution in [3.8, 4) is 0 Å². The van der Waals surface area contributed by atoms with Crippen LogP contribution < -0.4 is 5.32 Å². The van der Waals surface area contributed by atoms with Gasteiger partial charge in [-0.3, -0.25) is 0 Å². The molecule has 122 valence electrons. The number of nitrogens with one attached hydrogen (secondary N) is 1. The number of rotatable bonds is 5. The Hall–Kier alpha value is -0.810. The highest BCUT2D eigenvalue weighted by Crippen LogP contribution is 2.40. The highest BCUT2D eigenvalue weighted by molar-refractivity contribution is 5.74. The minimum atomic E-state index is -0.390. The topological polar surface area (TPSA) is 61.8 Å². The van der Waals surface area contributed by atoms with Gasteiger partial charge in [-0.2, -0.15) is 0 Å². The number of hydrogen-bond acceptors (Lipinski definition) is 3. The quantitative estimate of drug-likeness (QED) is 0.816. The molecule has 2 N–H and O–H groups in total. The molecule has 0 aromatic rings. The number of nitrogens with zero attached hydrogens (tertiary/aromatic N) is 1. The summed E-state index contributed by atoms with van der Waals surface area (Å²) in [5.74, 6) is 0.289. The summed E-state index contributed by atoms with van der Waals surface area (Å²) in [4.78, 5) is 14.0. The molecule has 0 bridgehead atoms. The lowest BCUT2D eigenvalue weighted by molar-refractivity contribution is 0.0425. The Morgan fingerprint density at radius 2 is 2.14 bits per heavy atom. The highest BCUT2D eigenvalue weighted by Gasteiger charge is 2.35. The van der Waals surface area contributed by atoms with Gasteiger partial charge in [0.05, 0.1) is 6.10 Å². The van der Waals surface area contributed by atoms with Gasteiger partial charge in [0, 0.05) is 33.4 Å². The van der Waals surface area contributed by atoms with E-state index in [2.05, 4.69) is 5.32 Å². The normalized spacial score (nSPS) is 28.6. The third-order valence-corrected chi connectivity index (χ3v) is 5.32. The van der Waals surface area contributed by atoms with E-state index in [1.165, 1.54) is 25.7 Å². The lowest BCUT2D eigenvalue weighted by Gasteiger charge is -2.36. The molecule has 1 aliphatic carbocycles. The largest absolute Gasteiger partial charge is 0.391 e. The molecule has 1 heterocycles. The molecule has 2 amide bonds. The second-order valence-corrected chi connectivity index (χ2v) is 6.89. The number of ether oxygens (including phenoxy) is 1. The summed E-state index contributed by atoms with van der Waals surface area (Å²) in [6, 6.07) is -0.0235. The Balaban J connectivity index is 1.81. The Morgan fingerprint density at radius 3 is 2.76 bits per heavy atom. The number of piperidine rings is 1. The third-order valence-electron chi connectivity index (χ3n) is 5.32. The maximum atomic E-state index is 12.3. The van der Waals surface area contributed by atoms with Crippen LogP contribution >= 0.6 is 0 Å². The van der Waals surface area contributed by atoms with E-state index >= 15 is 0 Å². The van der Waals surface area contributed by atoms with Crippen LogP contribution in [-0.4, -0.2) is 55.5 Å². The van der Waals surface area contributed by atoms with Crippen LogP contribution in [0.3, 0.4) is 0 Å². The van der Waals surface area contributed by atoms with Crippen LogP contribution in [0.4, 0.5) is 4.79 Å². The van der Waals surface area contributed by atoms with E-state index in [1.54, 1.807) is 12.0 Å². The number of β-amino-alcohol motifs (C(OH)–C–C–N with tert-alkyl or cyclic N) is 1. The number of aliphatic hydroxyl groups is 1. The van der Waals surface area contributed by atoms with Crippen molar-refractivity contribution in [3.05, 3.63) is 0 Å². The van der Waals surface area contributed by atoms with E-state index in [4.69, 9.17) is 4.74 Å². The first kappa shape index (κ1) is 16.6. The van der Waals surface area contributed by atoms with Crippen LogP contribution in [0.2, 0.25) is 0 Å². The van der Waals surface area contributed by atoms with Crippen molar-refractivity contribution < 1.29 is 14.6 Å². The Kier molecular flexibility index (Phi) is 5.88. The number of hydrogen-bond donors (Lipinski definition) is 2. The van der Waals surface area contributed by atoms with Gasteiger partial charge in [-0.25, -0.2) is 4.79 Å². The van der Waals surface area contributed by atoms with Gasteiger partial charge in [0.25, 0.3) is 0 Å². The fourth-order valence-corrected chi connectivity index (χ4v) is 3.57. The minimum Gasteiger partial charge on any atom is -0.391 e. The van der Waals surface area contributed by atoms with Crippen LogP contribution in [0.1, 0.15) is 45.4 Å². The lowest BCUT2D eigenvalue weighted by atomic mass is 9.83. The summed E-state index contributed by atoms with van der Waals surface area (Å²) in [6.45, 7) is 4.73. The summed E-state index contributed by atoms with van der Waals surface area (Å²) in [5, 5.41) is 13.0. The predicted octanol–water partition coefficient (Wildman–Crippen LogP) is 2.00. The number of amides is 2. The number of likely N-dealkylation sites (tertiary alicyclic amines) is 1. The maximum Gasteiger partial charge on any atom is 0.317 e. The monoisotopic (exact) mass is 298 g/mol. The van der Waals surface area contributed by atoms with E-state index in [0.29, 0.717) is 6.54 Å². The zero-order valence-electron chi connectivity index (χ0n) is 13.4. The van der Waals surface area contributed by atoms with Crippen molar-refractivity contribution in [2.75, 3.05) is 33.4 Å². The molecule has 0 radical (unpaired) electrons. The van der Waals surface area contributed by atoms with E-state index in [-0.39, 0.29) is 17.4 Å². The Morgan fingerprint density at radius 1 is 1.43 bits per heavy atom. The van der Waals surface area contributed by atoms with Crippen LogP contribution in [0.15, 0.2) is 0 Å². The van der Waals surface area contributed by atoms with Crippen LogP contribution in [0, 0.1) is 11.3 Å². The molecular weight excluding hydrogens is 268 g/mol. The first-order chi connectivity index (χ1) is 10.1. The van der Waals surface area contributed by atoms with Crippen molar-refractivity contribution in [2.45, 2.75) is 51.6 Å². The first-order valence-corrected chi connectivity index (χ1v) is 8.26. The van der Waals surface area contributed by atoms with Gasteiger partial charge in [-0.05, 0) is 37.0 Å². The second kappa shape index (κ2) is 7.45. The number of carbonyl (C=O) groups is 1. The molecule has 0 aromatic heterocycles. The van der Waals surface area contributed by atoms with E-state index in [9.17, 15) is 9.90 Å². The molecule has 2 rings (SSSR count). The lowest BCUT2D eigenvalue weighted by Crippen LogP contribution is -2.51. The number of urea groups is 1. The van der Waals surface area contributed by atoms with Gasteiger partial charge < -0.3 is 20.1 Å². The predicted molar refractivity (Wildman–Crippen MR) is 82.2 cm³/mol. The van der Waals surface area contributed by atoms with Crippen molar-refractivity contribution in [3.63, 3.8) is 0 Å². The van der Waals surface area contributed by atoms with Crippen molar-refractivity contribution >= 4 is 6.03 Å². The fraction of sp³-hybridized carbons (Fsp3) is 0.938. The van der Waals surface area contributed by atoms with Crippen LogP contribution in [-0.2, 0) is 4.74 Å². The molecule has 1 saturated carbocycles. The molecule has 1 saturated heterocycles. The van der Waals surface area contributed by atoms with Gasteiger partial charge in [-0.15, -0.1) is 0 Å². The summed E-state index contributed by atoms with van der Waals surface area (Å²) in [6.07, 6.45) is 6.36. The van der Waals surface area contributed by atoms with Gasteiger partial charge in [0.2, 0.25) is 0 Å². The van der Waals surface area contributed by atoms with Crippen molar-refractivity contribution in [1.82, 2.24) is 10.2 Å². The average Bonchev–Trinajstić information content (AvgIpc) is 2.95. The van der Waals surface area contributed by atoms with E-state index < -0.39 is 6.10 Å². The number of aliphatic hydroxyl groups excluding tert-OH is 1. The van der Waals surface area contributed by atoms with E-state index in [1.807, 2.05) is 6.92 Å². The van der Waals surface area contributed by atoms with Gasteiger partial charge >= 0.3 is 6.03 Å². The number of methoxy groups -OCH3 is 1. The Bertz CT molecular complexity index is 342. The fourth-order valence-electron chi connectivity index (χ4n) is 3.57. The highest BCUT2D eigenvalue weighted by atomic mass is 16.5. The molecule has 1 aliphatic heterocycles. The minimum absolute atomic E-state index is 0.0235. The standard InChI is InChI=1S/C16H30N2O3/c1-13-5-9-18(11-14(13)19)15(20)17-12-16(8-10-21-2)6-3-4-7-16/h13-14,19H,3-12H2,1-2H3,(H,17,20). The molecule has 5 nitrogen and oxygen atoms in total. The summed E-state index contributed by atoms with van der Waals surface area (Å²) in [7, 11) is 1.73. The summed E-state index contributed by atoms with van der Waals surface area (Å²) in [5.41, 5.74) is 0.216. The summed E-state index contributed by atoms with van der Waals surface area (Å²) < 4.78 is 5.22. The van der Waals surface area contributed by atoms with Crippen molar-refractivity contribution in [2.24, 2.45) is 11.3 Å². The molecule has 5 heteroatoms. The second-order valence-electron chi connectivity index (χ2n) is 6.89.